The maximum Gasteiger partial charge on any atom is 0.257 e. The molecule has 0 aromatic carbocycles. The second-order valence-corrected chi connectivity index (χ2v) is 8.28. The van der Waals surface area contributed by atoms with Gasteiger partial charge >= 0.3 is 0 Å². The molecular weight excluding hydrogens is 318 g/mol. The number of amides is 1. The Bertz CT molecular complexity index is 469. The molecule has 3 saturated heterocycles. The number of hydrogen-bond donors (Lipinski definition) is 0. The van der Waals surface area contributed by atoms with Gasteiger partial charge < -0.3 is 23.8 Å². The Morgan fingerprint density at radius 2 is 1.96 bits per heavy atom. The summed E-state index contributed by atoms with van der Waals surface area (Å²) >= 11 is 1.79. The standard InChI is InChI=1S/C16H27NO5S/c1-15(2)17(10(8-19-15)6-7-23-5)14(18)13-12(21-13)11-9-20-16(3,4)22-11/h10-13H,6-9H2,1-5H3/t10-,11+,12+,13-/m0/s1. The highest BCUT2D eigenvalue weighted by atomic mass is 32.2. The van der Waals surface area contributed by atoms with Crippen LogP contribution >= 0.6 is 11.8 Å². The van der Waals surface area contributed by atoms with Gasteiger partial charge in [0.2, 0.25) is 0 Å². The molecule has 0 saturated carbocycles. The smallest absolute Gasteiger partial charge is 0.257 e. The lowest BCUT2D eigenvalue weighted by molar-refractivity contribution is -0.148. The Balaban J connectivity index is 1.63. The SMILES string of the molecule is CSCC[C@H]1COC(C)(C)N1C(=O)[C@H]1O[C@@H]1[C@H]1COC(C)(C)O1. The predicted octanol–water partition coefficient (Wildman–Crippen LogP) is 1.62. The van der Waals surface area contributed by atoms with Crippen LogP contribution in [0.4, 0.5) is 0 Å². The maximum absolute atomic E-state index is 12.9. The average molecular weight is 345 g/mol. The van der Waals surface area contributed by atoms with E-state index in [0.29, 0.717) is 13.2 Å². The van der Waals surface area contributed by atoms with E-state index in [1.165, 1.54) is 0 Å². The summed E-state index contributed by atoms with van der Waals surface area (Å²) in [5.74, 6) is 0.425. The number of nitrogens with zero attached hydrogens (tertiary/aromatic N) is 1. The molecule has 6 nitrogen and oxygen atoms in total. The van der Waals surface area contributed by atoms with E-state index < -0.39 is 17.6 Å². The Morgan fingerprint density at radius 3 is 2.57 bits per heavy atom. The van der Waals surface area contributed by atoms with Crippen LogP contribution in [0.2, 0.25) is 0 Å². The van der Waals surface area contributed by atoms with Crippen molar-refractivity contribution in [3.8, 4) is 0 Å². The zero-order valence-electron chi connectivity index (χ0n) is 14.5. The molecule has 1 amide bonds. The molecule has 0 N–H and O–H groups in total. The Morgan fingerprint density at radius 1 is 1.22 bits per heavy atom. The van der Waals surface area contributed by atoms with Crippen molar-refractivity contribution in [2.24, 2.45) is 0 Å². The molecule has 0 aromatic heterocycles. The summed E-state index contributed by atoms with van der Waals surface area (Å²) in [5, 5.41) is 0. The molecule has 3 heterocycles. The third kappa shape index (κ3) is 3.54. The lowest BCUT2D eigenvalue weighted by atomic mass is 10.1. The van der Waals surface area contributed by atoms with Gasteiger partial charge in [0.15, 0.2) is 11.9 Å². The molecule has 7 heteroatoms. The topological polar surface area (TPSA) is 60.5 Å². The average Bonchev–Trinajstić information content (AvgIpc) is 3.10. The van der Waals surface area contributed by atoms with Gasteiger partial charge in [0.1, 0.15) is 17.9 Å². The minimum absolute atomic E-state index is 0.0110. The van der Waals surface area contributed by atoms with Crippen molar-refractivity contribution < 1.29 is 23.7 Å². The Hall–Kier alpha value is -0.340. The fraction of sp³-hybridized carbons (Fsp3) is 0.938. The van der Waals surface area contributed by atoms with E-state index in [2.05, 4.69) is 6.26 Å². The molecule has 0 spiro atoms. The van der Waals surface area contributed by atoms with Crippen molar-refractivity contribution in [1.82, 2.24) is 4.90 Å². The van der Waals surface area contributed by atoms with Gasteiger partial charge in [-0.2, -0.15) is 11.8 Å². The fourth-order valence-corrected chi connectivity index (χ4v) is 3.92. The van der Waals surface area contributed by atoms with Gasteiger partial charge in [-0.05, 0) is 46.1 Å². The monoisotopic (exact) mass is 345 g/mol. The largest absolute Gasteiger partial charge is 0.356 e. The van der Waals surface area contributed by atoms with Gasteiger partial charge in [0, 0.05) is 0 Å². The minimum Gasteiger partial charge on any atom is -0.356 e. The first-order valence-corrected chi connectivity index (χ1v) is 9.58. The van der Waals surface area contributed by atoms with Crippen molar-refractivity contribution in [2.45, 2.75) is 70.0 Å². The van der Waals surface area contributed by atoms with Crippen molar-refractivity contribution >= 4 is 17.7 Å². The molecule has 4 atom stereocenters. The first-order valence-electron chi connectivity index (χ1n) is 8.18. The van der Waals surface area contributed by atoms with Gasteiger partial charge in [0.25, 0.3) is 5.91 Å². The van der Waals surface area contributed by atoms with Gasteiger partial charge in [0.05, 0.1) is 19.3 Å². The van der Waals surface area contributed by atoms with Crippen LogP contribution in [0.3, 0.4) is 0 Å². The second-order valence-electron chi connectivity index (χ2n) is 7.29. The first kappa shape index (κ1) is 17.5. The van der Waals surface area contributed by atoms with E-state index in [4.69, 9.17) is 18.9 Å². The normalized spacial score (nSPS) is 38.0. The number of carbonyl (C=O) groups excluding carboxylic acids is 1. The van der Waals surface area contributed by atoms with Crippen molar-refractivity contribution in [2.75, 3.05) is 25.2 Å². The van der Waals surface area contributed by atoms with E-state index in [0.717, 1.165) is 12.2 Å². The zero-order chi connectivity index (χ0) is 16.8. The molecule has 0 bridgehead atoms. The number of hydrogen-bond acceptors (Lipinski definition) is 6. The molecule has 132 valence electrons. The summed E-state index contributed by atoms with van der Waals surface area (Å²) in [6.07, 6.45) is 2.20. The molecule has 0 radical (unpaired) electrons. The van der Waals surface area contributed by atoms with Crippen LogP contribution in [-0.4, -0.2) is 71.9 Å². The number of ether oxygens (including phenoxy) is 4. The maximum atomic E-state index is 12.9. The van der Waals surface area contributed by atoms with Crippen LogP contribution in [-0.2, 0) is 23.7 Å². The first-order chi connectivity index (χ1) is 10.7. The molecule has 3 aliphatic rings. The van der Waals surface area contributed by atoms with E-state index in [-0.39, 0.29) is 24.2 Å². The quantitative estimate of drug-likeness (QED) is 0.706. The van der Waals surface area contributed by atoms with Crippen LogP contribution < -0.4 is 0 Å². The Labute approximate surface area is 142 Å². The highest BCUT2D eigenvalue weighted by molar-refractivity contribution is 7.98. The third-order valence-electron chi connectivity index (χ3n) is 4.63. The number of thioether (sulfide) groups is 1. The molecular formula is C16H27NO5S. The molecule has 3 aliphatic heterocycles. The van der Waals surface area contributed by atoms with Crippen LogP contribution in [0.1, 0.15) is 34.1 Å². The zero-order valence-corrected chi connectivity index (χ0v) is 15.4. The highest BCUT2D eigenvalue weighted by Gasteiger charge is 2.58. The summed E-state index contributed by atoms with van der Waals surface area (Å²) in [6.45, 7) is 8.70. The molecule has 3 fully saturated rings. The van der Waals surface area contributed by atoms with Crippen molar-refractivity contribution in [3.63, 3.8) is 0 Å². The minimum atomic E-state index is -0.596. The third-order valence-corrected chi connectivity index (χ3v) is 5.28. The van der Waals surface area contributed by atoms with E-state index in [1.54, 1.807) is 11.8 Å². The van der Waals surface area contributed by atoms with Gasteiger partial charge in [-0.1, -0.05) is 0 Å². The van der Waals surface area contributed by atoms with Gasteiger partial charge in [-0.3, -0.25) is 4.79 Å². The number of rotatable bonds is 5. The molecule has 0 aromatic rings. The molecule has 0 aliphatic carbocycles. The second kappa shape index (κ2) is 6.19. The summed E-state index contributed by atoms with van der Waals surface area (Å²) in [6, 6.07) is 0.118. The number of epoxide rings is 1. The molecule has 23 heavy (non-hydrogen) atoms. The highest BCUT2D eigenvalue weighted by Crippen LogP contribution is 2.39. The Kier molecular flexibility index (Phi) is 4.70. The van der Waals surface area contributed by atoms with Crippen molar-refractivity contribution in [3.05, 3.63) is 0 Å². The van der Waals surface area contributed by atoms with Gasteiger partial charge in [-0.25, -0.2) is 0 Å². The fourth-order valence-electron chi connectivity index (χ4n) is 3.42. The van der Waals surface area contributed by atoms with E-state index in [1.807, 2.05) is 32.6 Å². The lowest BCUT2D eigenvalue weighted by Crippen LogP contribution is -2.50. The van der Waals surface area contributed by atoms with Crippen LogP contribution in [0.5, 0.6) is 0 Å². The van der Waals surface area contributed by atoms with Crippen LogP contribution in [0.25, 0.3) is 0 Å². The van der Waals surface area contributed by atoms with E-state index >= 15 is 0 Å². The van der Waals surface area contributed by atoms with Gasteiger partial charge in [-0.15, -0.1) is 0 Å². The summed E-state index contributed by atoms with van der Waals surface area (Å²) in [4.78, 5) is 14.8. The van der Waals surface area contributed by atoms with E-state index in [9.17, 15) is 4.79 Å². The molecule has 3 rings (SSSR count). The summed E-state index contributed by atoms with van der Waals surface area (Å²) < 4.78 is 22.9. The summed E-state index contributed by atoms with van der Waals surface area (Å²) in [5.41, 5.74) is -0.580. The predicted molar refractivity (Wildman–Crippen MR) is 87.2 cm³/mol. The van der Waals surface area contributed by atoms with Crippen LogP contribution in [0, 0.1) is 0 Å². The van der Waals surface area contributed by atoms with Crippen molar-refractivity contribution in [1.29, 1.82) is 0 Å². The van der Waals surface area contributed by atoms with Crippen LogP contribution in [0.15, 0.2) is 0 Å². The summed E-state index contributed by atoms with van der Waals surface area (Å²) in [7, 11) is 0. The lowest BCUT2D eigenvalue weighted by Gasteiger charge is -2.33. The molecule has 0 unspecified atom stereocenters. The number of carbonyl (C=O) groups is 1.